The SMILES string of the molecule is COC(=O)C=CN(C)C1CCC(C)CC1. The molecule has 0 N–H and O–H groups in total. The Labute approximate surface area is 92.1 Å². The first-order valence-electron chi connectivity index (χ1n) is 5.61. The molecule has 3 heteroatoms. The molecule has 0 saturated heterocycles. The minimum absolute atomic E-state index is 0.286. The van der Waals surface area contributed by atoms with Gasteiger partial charge in [0.15, 0.2) is 0 Å². The highest BCUT2D eigenvalue weighted by molar-refractivity contribution is 5.81. The number of ether oxygens (including phenoxy) is 1. The van der Waals surface area contributed by atoms with E-state index in [1.165, 1.54) is 38.9 Å². The largest absolute Gasteiger partial charge is 0.466 e. The topological polar surface area (TPSA) is 29.5 Å². The van der Waals surface area contributed by atoms with Crippen molar-refractivity contribution in [2.75, 3.05) is 14.2 Å². The molecule has 1 saturated carbocycles. The Balaban J connectivity index is 2.37. The van der Waals surface area contributed by atoms with Crippen molar-refractivity contribution >= 4 is 5.97 Å². The van der Waals surface area contributed by atoms with Crippen molar-refractivity contribution in [1.29, 1.82) is 0 Å². The van der Waals surface area contributed by atoms with Gasteiger partial charge in [-0.2, -0.15) is 0 Å². The van der Waals surface area contributed by atoms with Crippen LogP contribution in [0.1, 0.15) is 32.6 Å². The van der Waals surface area contributed by atoms with Gasteiger partial charge in [-0.05, 0) is 31.6 Å². The molecule has 0 aromatic carbocycles. The summed E-state index contributed by atoms with van der Waals surface area (Å²) in [7, 11) is 3.43. The molecule has 0 radical (unpaired) electrons. The second-order valence-electron chi connectivity index (χ2n) is 4.42. The Morgan fingerprint density at radius 1 is 1.33 bits per heavy atom. The lowest BCUT2D eigenvalue weighted by atomic mass is 9.87. The predicted molar refractivity (Wildman–Crippen MR) is 60.3 cm³/mol. The van der Waals surface area contributed by atoms with Crippen LogP contribution in [0.3, 0.4) is 0 Å². The van der Waals surface area contributed by atoms with Gasteiger partial charge in [-0.25, -0.2) is 4.79 Å². The van der Waals surface area contributed by atoms with Crippen molar-refractivity contribution in [2.24, 2.45) is 5.92 Å². The molecule has 0 aromatic heterocycles. The predicted octanol–water partition coefficient (Wildman–Crippen LogP) is 2.18. The van der Waals surface area contributed by atoms with Gasteiger partial charge in [-0.15, -0.1) is 0 Å². The van der Waals surface area contributed by atoms with E-state index in [4.69, 9.17) is 0 Å². The fraction of sp³-hybridized carbons (Fsp3) is 0.750. The van der Waals surface area contributed by atoms with E-state index in [0.29, 0.717) is 6.04 Å². The molecule has 1 aliphatic carbocycles. The number of methoxy groups -OCH3 is 1. The van der Waals surface area contributed by atoms with E-state index in [1.807, 2.05) is 13.2 Å². The average Bonchev–Trinajstić information content (AvgIpc) is 2.26. The zero-order valence-corrected chi connectivity index (χ0v) is 9.90. The lowest BCUT2D eigenvalue weighted by Crippen LogP contribution is -2.31. The van der Waals surface area contributed by atoms with Crippen molar-refractivity contribution in [3.05, 3.63) is 12.3 Å². The average molecular weight is 211 g/mol. The van der Waals surface area contributed by atoms with Gasteiger partial charge in [0.1, 0.15) is 0 Å². The van der Waals surface area contributed by atoms with E-state index in [2.05, 4.69) is 16.6 Å². The molecule has 0 unspecified atom stereocenters. The molecule has 15 heavy (non-hydrogen) atoms. The number of rotatable bonds is 3. The van der Waals surface area contributed by atoms with Crippen LogP contribution in [0.2, 0.25) is 0 Å². The second kappa shape index (κ2) is 5.79. The summed E-state index contributed by atoms with van der Waals surface area (Å²) < 4.78 is 4.55. The standard InChI is InChI=1S/C12H21NO2/c1-10-4-6-11(7-5-10)13(2)9-8-12(14)15-3/h8-11H,4-7H2,1-3H3. The van der Waals surface area contributed by atoms with Gasteiger partial charge in [0.05, 0.1) is 7.11 Å². The first-order valence-corrected chi connectivity index (χ1v) is 5.61. The molecule has 1 aliphatic rings. The lowest BCUT2D eigenvalue weighted by molar-refractivity contribution is -0.134. The van der Waals surface area contributed by atoms with Crippen LogP contribution in [0.5, 0.6) is 0 Å². The molecule has 0 aromatic rings. The Kier molecular flexibility index (Phi) is 4.66. The van der Waals surface area contributed by atoms with E-state index >= 15 is 0 Å². The van der Waals surface area contributed by atoms with Gasteiger partial charge in [-0.3, -0.25) is 0 Å². The first-order chi connectivity index (χ1) is 7.13. The lowest BCUT2D eigenvalue weighted by Gasteiger charge is -2.32. The highest BCUT2D eigenvalue weighted by Crippen LogP contribution is 2.26. The number of carbonyl (C=O) groups excluding carboxylic acids is 1. The second-order valence-corrected chi connectivity index (χ2v) is 4.42. The minimum atomic E-state index is -0.286. The van der Waals surface area contributed by atoms with Crippen LogP contribution in [0.15, 0.2) is 12.3 Å². The molecular weight excluding hydrogens is 190 g/mol. The molecule has 0 amide bonds. The monoisotopic (exact) mass is 211 g/mol. The summed E-state index contributed by atoms with van der Waals surface area (Å²) in [6.07, 6.45) is 8.35. The maximum Gasteiger partial charge on any atom is 0.331 e. The summed E-state index contributed by atoms with van der Waals surface area (Å²) in [4.78, 5) is 13.0. The Bertz CT molecular complexity index is 230. The van der Waals surface area contributed by atoms with E-state index in [9.17, 15) is 4.79 Å². The Morgan fingerprint density at radius 2 is 1.93 bits per heavy atom. The number of esters is 1. The van der Waals surface area contributed by atoms with Gasteiger partial charge in [0.25, 0.3) is 0 Å². The molecule has 0 heterocycles. The van der Waals surface area contributed by atoms with E-state index in [0.717, 1.165) is 5.92 Å². The normalized spacial score (nSPS) is 26.6. The molecule has 0 bridgehead atoms. The molecule has 86 valence electrons. The quantitative estimate of drug-likeness (QED) is 0.529. The number of hydrogen-bond acceptors (Lipinski definition) is 3. The number of hydrogen-bond donors (Lipinski definition) is 0. The van der Waals surface area contributed by atoms with E-state index in [1.54, 1.807) is 0 Å². The maximum absolute atomic E-state index is 10.9. The number of nitrogens with zero attached hydrogens (tertiary/aromatic N) is 1. The van der Waals surface area contributed by atoms with Crippen LogP contribution in [0.4, 0.5) is 0 Å². The van der Waals surface area contributed by atoms with Crippen molar-refractivity contribution < 1.29 is 9.53 Å². The summed E-state index contributed by atoms with van der Waals surface area (Å²) in [6.45, 7) is 2.31. The van der Waals surface area contributed by atoms with Gasteiger partial charge in [-0.1, -0.05) is 6.92 Å². The van der Waals surface area contributed by atoms with E-state index < -0.39 is 0 Å². The fourth-order valence-electron chi connectivity index (χ4n) is 2.02. The van der Waals surface area contributed by atoms with Crippen LogP contribution in [-0.4, -0.2) is 31.1 Å². The Morgan fingerprint density at radius 3 is 2.47 bits per heavy atom. The molecule has 3 nitrogen and oxygen atoms in total. The van der Waals surface area contributed by atoms with Gasteiger partial charge < -0.3 is 9.64 Å². The summed E-state index contributed by atoms with van der Waals surface area (Å²) in [5.74, 6) is 0.574. The molecule has 0 atom stereocenters. The third-order valence-electron chi connectivity index (χ3n) is 3.21. The zero-order chi connectivity index (χ0) is 11.3. The number of carbonyl (C=O) groups is 1. The van der Waals surface area contributed by atoms with Crippen molar-refractivity contribution in [3.8, 4) is 0 Å². The summed E-state index contributed by atoms with van der Waals surface area (Å²) in [5, 5.41) is 0. The van der Waals surface area contributed by atoms with Gasteiger partial charge in [0, 0.05) is 25.4 Å². The van der Waals surface area contributed by atoms with Crippen LogP contribution in [0, 0.1) is 5.92 Å². The van der Waals surface area contributed by atoms with Crippen molar-refractivity contribution in [3.63, 3.8) is 0 Å². The third kappa shape index (κ3) is 3.94. The van der Waals surface area contributed by atoms with Crippen LogP contribution in [-0.2, 0) is 9.53 Å². The fourth-order valence-corrected chi connectivity index (χ4v) is 2.02. The molecule has 1 rings (SSSR count). The smallest absolute Gasteiger partial charge is 0.331 e. The van der Waals surface area contributed by atoms with Crippen LogP contribution >= 0.6 is 0 Å². The zero-order valence-electron chi connectivity index (χ0n) is 9.90. The van der Waals surface area contributed by atoms with Gasteiger partial charge >= 0.3 is 5.97 Å². The molecule has 0 aliphatic heterocycles. The molecule has 1 fully saturated rings. The minimum Gasteiger partial charge on any atom is -0.466 e. The van der Waals surface area contributed by atoms with Crippen LogP contribution < -0.4 is 0 Å². The summed E-state index contributed by atoms with van der Waals surface area (Å²) >= 11 is 0. The van der Waals surface area contributed by atoms with E-state index in [-0.39, 0.29) is 5.97 Å². The van der Waals surface area contributed by atoms with Crippen molar-refractivity contribution in [1.82, 2.24) is 4.90 Å². The first kappa shape index (κ1) is 12.1. The molecule has 0 spiro atoms. The highest BCUT2D eigenvalue weighted by Gasteiger charge is 2.19. The summed E-state index contributed by atoms with van der Waals surface area (Å²) in [6, 6.07) is 0.585. The summed E-state index contributed by atoms with van der Waals surface area (Å²) in [5.41, 5.74) is 0. The highest BCUT2D eigenvalue weighted by atomic mass is 16.5. The van der Waals surface area contributed by atoms with Crippen LogP contribution in [0.25, 0.3) is 0 Å². The van der Waals surface area contributed by atoms with Gasteiger partial charge in [0.2, 0.25) is 0 Å². The third-order valence-corrected chi connectivity index (χ3v) is 3.21. The maximum atomic E-state index is 10.9. The molecular formula is C12H21NO2. The van der Waals surface area contributed by atoms with Crippen molar-refractivity contribution in [2.45, 2.75) is 38.6 Å². The Hall–Kier alpha value is -0.990.